The van der Waals surface area contributed by atoms with Crippen LogP contribution in [0.25, 0.3) is 11.5 Å². The Hall–Kier alpha value is -2.93. The highest BCUT2D eigenvalue weighted by molar-refractivity contribution is 6.33. The van der Waals surface area contributed by atoms with Crippen LogP contribution in [-0.2, 0) is 17.8 Å². The summed E-state index contributed by atoms with van der Waals surface area (Å²) in [7, 11) is 1.39. The first-order valence-corrected chi connectivity index (χ1v) is 9.46. The van der Waals surface area contributed by atoms with Crippen molar-refractivity contribution >= 4 is 17.5 Å². The number of halogens is 2. The van der Waals surface area contributed by atoms with Gasteiger partial charge in [0.05, 0.1) is 30.7 Å². The minimum Gasteiger partial charge on any atom is -0.494 e. The molecule has 6 nitrogen and oxygen atoms in total. The molecule has 2 aromatic carbocycles. The van der Waals surface area contributed by atoms with Gasteiger partial charge in [0.1, 0.15) is 0 Å². The van der Waals surface area contributed by atoms with Crippen LogP contribution in [0.2, 0.25) is 5.02 Å². The fraction of sp³-hybridized carbons (Fsp3) is 0.286. The summed E-state index contributed by atoms with van der Waals surface area (Å²) in [5.41, 5.74) is 1.19. The molecular weight excluding hydrogens is 397 g/mol. The van der Waals surface area contributed by atoms with Gasteiger partial charge in [0.15, 0.2) is 11.6 Å². The number of hydrogen-bond donors (Lipinski definition) is 0. The van der Waals surface area contributed by atoms with Crippen molar-refractivity contribution in [2.45, 2.75) is 32.9 Å². The van der Waals surface area contributed by atoms with Gasteiger partial charge in [-0.15, -0.1) is 10.2 Å². The highest BCUT2D eigenvalue weighted by Crippen LogP contribution is 2.26. The van der Waals surface area contributed by atoms with Crippen LogP contribution in [0.1, 0.15) is 25.3 Å². The average molecular weight is 418 g/mol. The fourth-order valence-corrected chi connectivity index (χ4v) is 3.08. The molecule has 0 spiro atoms. The summed E-state index contributed by atoms with van der Waals surface area (Å²) in [5, 5.41) is 8.57. The van der Waals surface area contributed by atoms with Gasteiger partial charge in [-0.1, -0.05) is 29.8 Å². The van der Waals surface area contributed by atoms with Gasteiger partial charge in [0.2, 0.25) is 17.7 Å². The number of carbonyl (C=O) groups excluding carboxylic acids is 1. The average Bonchev–Trinajstić information content (AvgIpc) is 3.15. The summed E-state index contributed by atoms with van der Waals surface area (Å²) in [6.45, 7) is 3.92. The molecular formula is C21H21ClFN3O3. The first-order valence-electron chi connectivity index (χ1n) is 9.08. The molecule has 29 heavy (non-hydrogen) atoms. The van der Waals surface area contributed by atoms with Crippen molar-refractivity contribution in [3.05, 3.63) is 64.8 Å². The third-order valence-electron chi connectivity index (χ3n) is 4.39. The lowest BCUT2D eigenvalue weighted by atomic mass is 10.1. The Morgan fingerprint density at radius 2 is 2.00 bits per heavy atom. The summed E-state index contributed by atoms with van der Waals surface area (Å²) in [6, 6.07) is 11.5. The van der Waals surface area contributed by atoms with E-state index in [0.29, 0.717) is 27.9 Å². The van der Waals surface area contributed by atoms with Crippen LogP contribution < -0.4 is 4.74 Å². The van der Waals surface area contributed by atoms with Crippen LogP contribution in [0.5, 0.6) is 5.75 Å². The van der Waals surface area contributed by atoms with Gasteiger partial charge in [-0.3, -0.25) is 4.79 Å². The van der Waals surface area contributed by atoms with Crippen molar-refractivity contribution in [2.75, 3.05) is 7.11 Å². The molecule has 0 bridgehead atoms. The molecule has 0 N–H and O–H groups in total. The Morgan fingerprint density at radius 1 is 1.24 bits per heavy atom. The van der Waals surface area contributed by atoms with Crippen molar-refractivity contribution in [3.63, 3.8) is 0 Å². The van der Waals surface area contributed by atoms with Gasteiger partial charge in [0.25, 0.3) is 0 Å². The first kappa shape index (κ1) is 20.8. The number of ether oxygens (including phenoxy) is 1. The topological polar surface area (TPSA) is 68.5 Å². The van der Waals surface area contributed by atoms with E-state index in [-0.39, 0.29) is 30.7 Å². The SMILES string of the molecule is COc1ccc(CC(=O)N(Cc2nnc(-c3ccccc3Cl)o2)C(C)C)cc1F. The first-order chi connectivity index (χ1) is 13.9. The van der Waals surface area contributed by atoms with E-state index < -0.39 is 5.82 Å². The summed E-state index contributed by atoms with van der Waals surface area (Å²) >= 11 is 6.17. The second-order valence-electron chi connectivity index (χ2n) is 6.74. The van der Waals surface area contributed by atoms with Crippen LogP contribution in [0, 0.1) is 5.82 Å². The number of nitrogens with zero attached hydrogens (tertiary/aromatic N) is 3. The van der Waals surface area contributed by atoms with Gasteiger partial charge in [-0.25, -0.2) is 4.39 Å². The molecule has 1 aromatic heterocycles. The summed E-state index contributed by atoms with van der Waals surface area (Å²) in [4.78, 5) is 14.4. The number of hydrogen-bond acceptors (Lipinski definition) is 5. The molecule has 0 atom stereocenters. The van der Waals surface area contributed by atoms with E-state index in [1.165, 1.54) is 19.2 Å². The number of rotatable bonds is 7. The van der Waals surface area contributed by atoms with Gasteiger partial charge in [-0.2, -0.15) is 0 Å². The van der Waals surface area contributed by atoms with Crippen molar-refractivity contribution in [1.82, 2.24) is 15.1 Å². The van der Waals surface area contributed by atoms with Crippen molar-refractivity contribution in [1.29, 1.82) is 0 Å². The molecule has 3 aromatic rings. The third-order valence-corrected chi connectivity index (χ3v) is 4.72. The molecule has 152 valence electrons. The molecule has 3 rings (SSSR count). The smallest absolute Gasteiger partial charge is 0.249 e. The Kier molecular flexibility index (Phi) is 6.49. The Balaban J connectivity index is 1.74. The van der Waals surface area contributed by atoms with Crippen LogP contribution in [0.15, 0.2) is 46.9 Å². The van der Waals surface area contributed by atoms with Gasteiger partial charge >= 0.3 is 0 Å². The lowest BCUT2D eigenvalue weighted by Crippen LogP contribution is -2.37. The summed E-state index contributed by atoms with van der Waals surface area (Å²) in [6.07, 6.45) is 0.0462. The van der Waals surface area contributed by atoms with Crippen molar-refractivity contribution in [2.24, 2.45) is 0 Å². The summed E-state index contributed by atoms with van der Waals surface area (Å²) in [5.74, 6) is 0.0407. The predicted octanol–water partition coefficient (Wildman–Crippen LogP) is 4.52. The largest absolute Gasteiger partial charge is 0.494 e. The van der Waals surface area contributed by atoms with Crippen LogP contribution in [0.3, 0.4) is 0 Å². The highest BCUT2D eigenvalue weighted by Gasteiger charge is 2.22. The Morgan fingerprint density at radius 3 is 2.66 bits per heavy atom. The van der Waals surface area contributed by atoms with Crippen LogP contribution in [-0.4, -0.2) is 34.2 Å². The minimum absolute atomic E-state index is 0.0462. The predicted molar refractivity (Wildman–Crippen MR) is 107 cm³/mol. The number of amides is 1. The quantitative estimate of drug-likeness (QED) is 0.565. The highest BCUT2D eigenvalue weighted by atomic mass is 35.5. The van der Waals surface area contributed by atoms with Gasteiger partial charge in [-0.05, 0) is 43.7 Å². The van der Waals surface area contributed by atoms with Crippen molar-refractivity contribution in [3.8, 4) is 17.2 Å². The van der Waals surface area contributed by atoms with Crippen LogP contribution >= 0.6 is 11.6 Å². The molecule has 0 saturated heterocycles. The number of aromatic nitrogens is 2. The lowest BCUT2D eigenvalue weighted by Gasteiger charge is -2.25. The molecule has 0 aliphatic rings. The van der Waals surface area contributed by atoms with E-state index in [9.17, 15) is 9.18 Å². The molecule has 0 fully saturated rings. The van der Waals surface area contributed by atoms with E-state index in [0.717, 1.165) is 0 Å². The van der Waals surface area contributed by atoms with Gasteiger partial charge < -0.3 is 14.1 Å². The standard InChI is InChI=1S/C21H21ClFN3O3/c1-13(2)26(20(27)11-14-8-9-18(28-3)17(23)10-14)12-19-24-25-21(29-19)15-6-4-5-7-16(15)22/h4-10,13H,11-12H2,1-3H3. The third kappa shape index (κ3) is 4.92. The maximum atomic E-state index is 13.9. The fourth-order valence-electron chi connectivity index (χ4n) is 2.86. The molecule has 0 unspecified atom stereocenters. The Bertz CT molecular complexity index is 1010. The molecule has 0 saturated carbocycles. The maximum absolute atomic E-state index is 13.9. The molecule has 1 heterocycles. The van der Waals surface area contributed by atoms with E-state index in [2.05, 4.69) is 10.2 Å². The molecule has 0 aliphatic carbocycles. The van der Waals surface area contributed by atoms with E-state index in [1.807, 2.05) is 26.0 Å². The number of carbonyl (C=O) groups is 1. The zero-order chi connectivity index (χ0) is 21.0. The second kappa shape index (κ2) is 9.05. The van der Waals surface area contributed by atoms with E-state index in [4.69, 9.17) is 20.8 Å². The normalized spacial score (nSPS) is 11.0. The zero-order valence-electron chi connectivity index (χ0n) is 16.4. The lowest BCUT2D eigenvalue weighted by molar-refractivity contribution is -0.133. The Labute approximate surface area is 173 Å². The molecule has 0 aliphatic heterocycles. The molecule has 0 radical (unpaired) electrons. The maximum Gasteiger partial charge on any atom is 0.249 e. The van der Waals surface area contributed by atoms with E-state index >= 15 is 0 Å². The van der Waals surface area contributed by atoms with Crippen LogP contribution in [0.4, 0.5) is 4.39 Å². The minimum atomic E-state index is -0.504. The van der Waals surface area contributed by atoms with E-state index in [1.54, 1.807) is 23.1 Å². The molecule has 1 amide bonds. The summed E-state index contributed by atoms with van der Waals surface area (Å²) < 4.78 is 24.5. The molecule has 8 heteroatoms. The monoisotopic (exact) mass is 417 g/mol. The number of benzene rings is 2. The number of methoxy groups -OCH3 is 1. The van der Waals surface area contributed by atoms with Gasteiger partial charge in [0, 0.05) is 6.04 Å². The zero-order valence-corrected chi connectivity index (χ0v) is 17.1. The second-order valence-corrected chi connectivity index (χ2v) is 7.15. The van der Waals surface area contributed by atoms with Crippen molar-refractivity contribution < 1.29 is 18.3 Å².